The van der Waals surface area contributed by atoms with Gasteiger partial charge < -0.3 is 15.5 Å². The maximum atomic E-state index is 13.6. The van der Waals surface area contributed by atoms with Gasteiger partial charge in [-0.2, -0.15) is 0 Å². The lowest BCUT2D eigenvalue weighted by Crippen LogP contribution is -2.61. The molecule has 0 heterocycles. The van der Waals surface area contributed by atoms with E-state index in [1.165, 1.54) is 50.5 Å². The second-order valence-corrected chi connectivity index (χ2v) is 15.8. The summed E-state index contributed by atoms with van der Waals surface area (Å²) in [6.45, 7) is 12.2. The molecule has 5 saturated carbocycles. The minimum atomic E-state index is -0.862. The average Bonchev–Trinajstić information content (AvgIpc) is 3.43. The van der Waals surface area contributed by atoms with Crippen LogP contribution in [0.25, 0.3) is 0 Å². The van der Waals surface area contributed by atoms with Crippen molar-refractivity contribution in [3.63, 3.8) is 0 Å². The Morgan fingerprint density at radius 2 is 1.45 bits per heavy atom. The first-order valence-electron chi connectivity index (χ1n) is 17.8. The fourth-order valence-electron chi connectivity index (χ4n) is 12.0. The highest BCUT2D eigenvalue weighted by molar-refractivity contribution is 5.87. The van der Waals surface area contributed by atoms with Gasteiger partial charge >= 0.3 is 11.9 Å². The molecule has 10 atom stereocenters. The number of hydrogen-bond donors (Lipinski definition) is 3. The van der Waals surface area contributed by atoms with Crippen LogP contribution in [0.3, 0.4) is 0 Å². The molecular weight excluding hydrogens is 550 g/mol. The fourth-order valence-corrected chi connectivity index (χ4v) is 12.0. The third-order valence-electron chi connectivity index (χ3n) is 13.8. The molecule has 5 aliphatic carbocycles. The number of carboxylic acid groups (broad SMARTS) is 2. The summed E-state index contributed by atoms with van der Waals surface area (Å²) in [5.41, 5.74) is 2.02. The molecule has 0 saturated heterocycles. The lowest BCUT2D eigenvalue weighted by atomic mass is 9.37. The first-order chi connectivity index (χ1) is 20.9. The molecule has 0 radical (unpaired) electrons. The SMILES string of the molecule is CC1C(c2ccc(C(=O)O)cc2)CCC2(C)C1CCC1(C)C3CCC4(C(=O)NCCC(=O)O)CCCC4C3CCC21.CCC. The van der Waals surface area contributed by atoms with E-state index in [-0.39, 0.29) is 24.3 Å². The number of aromatic carboxylic acids is 1. The number of benzene rings is 1. The molecule has 1 amide bonds. The Balaban J connectivity index is 0.00000123. The maximum Gasteiger partial charge on any atom is 0.335 e. The van der Waals surface area contributed by atoms with Gasteiger partial charge in [-0.15, -0.1) is 0 Å². The van der Waals surface area contributed by atoms with Crippen molar-refractivity contribution in [1.29, 1.82) is 0 Å². The van der Waals surface area contributed by atoms with Crippen molar-refractivity contribution in [3.8, 4) is 0 Å². The Kier molecular flexibility index (Phi) is 9.60. The molecule has 1 aromatic rings. The summed E-state index contributed by atoms with van der Waals surface area (Å²) < 4.78 is 0. The van der Waals surface area contributed by atoms with E-state index in [0.717, 1.165) is 32.1 Å². The summed E-state index contributed by atoms with van der Waals surface area (Å²) in [5.74, 6) is 2.61. The molecular formula is C38H57NO5. The van der Waals surface area contributed by atoms with Crippen molar-refractivity contribution in [2.45, 2.75) is 124 Å². The third-order valence-corrected chi connectivity index (χ3v) is 13.8. The van der Waals surface area contributed by atoms with Gasteiger partial charge in [-0.3, -0.25) is 9.59 Å². The molecule has 3 N–H and O–H groups in total. The number of carbonyl (C=O) groups excluding carboxylic acids is 1. The van der Waals surface area contributed by atoms with E-state index in [9.17, 15) is 19.5 Å². The van der Waals surface area contributed by atoms with Gasteiger partial charge in [-0.25, -0.2) is 4.79 Å². The Morgan fingerprint density at radius 1 is 0.818 bits per heavy atom. The lowest BCUT2D eigenvalue weighted by Gasteiger charge is -2.68. The van der Waals surface area contributed by atoms with Crippen molar-refractivity contribution >= 4 is 17.8 Å². The number of hydrogen-bond acceptors (Lipinski definition) is 3. The zero-order valence-electron chi connectivity index (χ0n) is 27.9. The minimum Gasteiger partial charge on any atom is -0.481 e. The van der Waals surface area contributed by atoms with E-state index in [4.69, 9.17) is 5.11 Å². The van der Waals surface area contributed by atoms with Gasteiger partial charge in [0.05, 0.1) is 17.4 Å². The molecule has 0 spiro atoms. The van der Waals surface area contributed by atoms with Gasteiger partial charge in [-0.1, -0.05) is 59.6 Å². The number of carbonyl (C=O) groups is 3. The van der Waals surface area contributed by atoms with Crippen LogP contribution in [-0.4, -0.2) is 34.6 Å². The van der Waals surface area contributed by atoms with Gasteiger partial charge in [-0.05, 0) is 134 Å². The van der Waals surface area contributed by atoms with Crippen LogP contribution >= 0.6 is 0 Å². The van der Waals surface area contributed by atoms with E-state index < -0.39 is 11.9 Å². The molecule has 5 aliphatic rings. The summed E-state index contributed by atoms with van der Waals surface area (Å²) in [4.78, 5) is 36.0. The van der Waals surface area contributed by atoms with E-state index in [2.05, 4.69) is 52.1 Å². The number of fused-ring (bicyclic) bond motifs is 7. The molecule has 244 valence electrons. The number of rotatable bonds is 6. The second kappa shape index (κ2) is 12.8. The summed E-state index contributed by atoms with van der Waals surface area (Å²) in [5, 5.41) is 21.4. The van der Waals surface area contributed by atoms with Gasteiger partial charge in [0.2, 0.25) is 5.91 Å². The first-order valence-corrected chi connectivity index (χ1v) is 17.8. The zero-order chi connectivity index (χ0) is 31.9. The van der Waals surface area contributed by atoms with Crippen molar-refractivity contribution in [1.82, 2.24) is 5.32 Å². The maximum absolute atomic E-state index is 13.6. The van der Waals surface area contributed by atoms with Gasteiger partial charge in [0.1, 0.15) is 0 Å². The largest absolute Gasteiger partial charge is 0.481 e. The predicted molar refractivity (Wildman–Crippen MR) is 173 cm³/mol. The molecule has 6 nitrogen and oxygen atoms in total. The monoisotopic (exact) mass is 607 g/mol. The zero-order valence-corrected chi connectivity index (χ0v) is 27.9. The summed E-state index contributed by atoms with van der Waals surface area (Å²) >= 11 is 0. The number of nitrogens with one attached hydrogen (secondary N) is 1. The minimum absolute atomic E-state index is 0.00896. The van der Waals surface area contributed by atoms with Crippen LogP contribution in [-0.2, 0) is 9.59 Å². The molecule has 0 bridgehead atoms. The number of amides is 1. The molecule has 1 aromatic carbocycles. The van der Waals surface area contributed by atoms with Gasteiger partial charge in [0.15, 0.2) is 0 Å². The fraction of sp³-hybridized carbons (Fsp3) is 0.763. The Bertz CT molecular complexity index is 1210. The van der Waals surface area contributed by atoms with Crippen LogP contribution in [0.15, 0.2) is 24.3 Å². The van der Waals surface area contributed by atoms with Crippen LogP contribution in [0.5, 0.6) is 0 Å². The Labute approximate surface area is 265 Å². The van der Waals surface area contributed by atoms with Crippen molar-refractivity contribution in [3.05, 3.63) is 35.4 Å². The topological polar surface area (TPSA) is 104 Å². The van der Waals surface area contributed by atoms with Crippen LogP contribution in [0.1, 0.15) is 140 Å². The molecule has 6 rings (SSSR count). The molecule has 0 aliphatic heterocycles. The third kappa shape index (κ3) is 5.51. The molecule has 44 heavy (non-hydrogen) atoms. The smallest absolute Gasteiger partial charge is 0.335 e. The summed E-state index contributed by atoms with van der Waals surface area (Å²) in [6.07, 6.45) is 14.0. The first kappa shape index (κ1) is 33.0. The van der Waals surface area contributed by atoms with E-state index in [1.54, 1.807) is 12.1 Å². The lowest BCUT2D eigenvalue weighted by molar-refractivity contribution is -0.187. The van der Waals surface area contributed by atoms with Crippen LogP contribution in [0.2, 0.25) is 0 Å². The average molecular weight is 608 g/mol. The molecule has 0 aromatic heterocycles. The Hall–Kier alpha value is -2.37. The van der Waals surface area contributed by atoms with Crippen molar-refractivity contribution in [2.75, 3.05) is 6.54 Å². The summed E-state index contributed by atoms with van der Waals surface area (Å²) in [6, 6.07) is 7.66. The van der Waals surface area contributed by atoms with Crippen molar-refractivity contribution in [2.24, 2.45) is 51.8 Å². The molecule has 6 heteroatoms. The quantitative estimate of drug-likeness (QED) is 0.301. The summed E-state index contributed by atoms with van der Waals surface area (Å²) in [7, 11) is 0. The standard InChI is InChI=1S/C35H49NO5.C3H8/c1-21-24(22-6-8-23(9-7-22)31(39)40)12-17-33(2)26(21)13-18-34(3)27-14-19-35(32(41)36-20-15-30(37)38)16-4-5-28(35)25(27)10-11-29(33)34;1-3-2/h6-9,21,24-29H,4-5,10-20H2,1-3H3,(H,36,41)(H,37,38)(H,39,40);3H2,1-2H3. The highest BCUT2D eigenvalue weighted by atomic mass is 16.4. The van der Waals surface area contributed by atoms with E-state index in [1.807, 2.05) is 0 Å². The molecule has 5 fully saturated rings. The second-order valence-electron chi connectivity index (χ2n) is 15.8. The van der Waals surface area contributed by atoms with Crippen molar-refractivity contribution < 1.29 is 24.6 Å². The van der Waals surface area contributed by atoms with Crippen LogP contribution < -0.4 is 5.32 Å². The predicted octanol–water partition coefficient (Wildman–Crippen LogP) is 8.55. The van der Waals surface area contributed by atoms with Gasteiger partial charge in [0.25, 0.3) is 0 Å². The highest BCUT2D eigenvalue weighted by Gasteiger charge is 2.65. The Morgan fingerprint density at radius 3 is 2.11 bits per heavy atom. The highest BCUT2D eigenvalue weighted by Crippen LogP contribution is 2.72. The van der Waals surface area contributed by atoms with Gasteiger partial charge in [0, 0.05) is 6.54 Å². The van der Waals surface area contributed by atoms with Crippen LogP contribution in [0.4, 0.5) is 0 Å². The van der Waals surface area contributed by atoms with E-state index >= 15 is 0 Å². The number of aliphatic carboxylic acids is 1. The van der Waals surface area contributed by atoms with Crippen LogP contribution in [0, 0.1) is 51.8 Å². The normalized spacial score (nSPS) is 40.6. The van der Waals surface area contributed by atoms with E-state index in [0.29, 0.717) is 57.8 Å². The molecule has 10 unspecified atom stereocenters. The number of carboxylic acids is 2.